The van der Waals surface area contributed by atoms with Gasteiger partial charge in [0.2, 0.25) is 0 Å². The van der Waals surface area contributed by atoms with Crippen LogP contribution in [0.1, 0.15) is 18.1 Å². The Balaban J connectivity index is 1.48. The van der Waals surface area contributed by atoms with Crippen LogP contribution in [0.25, 0.3) is 17.3 Å². The van der Waals surface area contributed by atoms with Crippen LogP contribution in [0.2, 0.25) is 0 Å². The van der Waals surface area contributed by atoms with Gasteiger partial charge < -0.3 is 14.4 Å². The first kappa shape index (κ1) is 18.0. The lowest BCUT2D eigenvalue weighted by atomic mass is 10.1. The van der Waals surface area contributed by atoms with E-state index in [1.54, 1.807) is 29.6 Å². The van der Waals surface area contributed by atoms with E-state index in [4.69, 9.17) is 14.5 Å². The minimum absolute atomic E-state index is 0.0374. The van der Waals surface area contributed by atoms with E-state index in [1.807, 2.05) is 29.7 Å². The zero-order valence-electron chi connectivity index (χ0n) is 14.9. The molecule has 0 spiro atoms. The van der Waals surface area contributed by atoms with E-state index < -0.39 is 0 Å². The number of aromatic nitrogens is 3. The van der Waals surface area contributed by atoms with E-state index >= 15 is 0 Å². The van der Waals surface area contributed by atoms with Crippen molar-refractivity contribution in [2.24, 2.45) is 0 Å². The molecule has 0 unspecified atom stereocenters. The van der Waals surface area contributed by atoms with Gasteiger partial charge in [-0.05, 0) is 37.3 Å². The molecule has 10 heteroatoms. The van der Waals surface area contributed by atoms with Gasteiger partial charge in [0.1, 0.15) is 5.75 Å². The molecule has 1 aliphatic rings. The number of phenols is 1. The zero-order valence-corrected chi connectivity index (χ0v) is 15.7. The minimum Gasteiger partial charge on any atom is -0.507 e. The molecule has 0 saturated carbocycles. The summed E-state index contributed by atoms with van der Waals surface area (Å²) >= 11 is 1.47. The second-order valence-corrected chi connectivity index (χ2v) is 6.71. The van der Waals surface area contributed by atoms with E-state index in [-0.39, 0.29) is 5.75 Å². The second kappa shape index (κ2) is 7.67. The van der Waals surface area contributed by atoms with Gasteiger partial charge in [-0.15, -0.1) is 10.2 Å². The lowest BCUT2D eigenvalue weighted by Crippen LogP contribution is -2.27. The van der Waals surface area contributed by atoms with Crippen molar-refractivity contribution in [2.45, 2.75) is 18.6 Å². The van der Waals surface area contributed by atoms with E-state index in [0.717, 1.165) is 5.16 Å². The lowest BCUT2D eigenvalue weighted by molar-refractivity contribution is 0.0605. The number of benzene rings is 1. The molecule has 1 aromatic carbocycles. The molecule has 2 aromatic heterocycles. The standard InChI is InChI=1S/C18H16N6O3S/c1-2-24-17(15-4-3-7-26-15)20-21-18(24)28-11-23-10-16(27-22-23)13-8-12(9-19)5-6-14(13)25/h3-8,10,22,25H,2,11H2,1H3. The first-order chi connectivity index (χ1) is 13.7. The average Bonchev–Trinajstić information content (AvgIpc) is 3.46. The Kier molecular flexibility index (Phi) is 4.92. The molecule has 0 radical (unpaired) electrons. The third-order valence-electron chi connectivity index (χ3n) is 4.04. The molecular weight excluding hydrogens is 380 g/mol. The molecule has 3 heterocycles. The fourth-order valence-electron chi connectivity index (χ4n) is 2.69. The van der Waals surface area contributed by atoms with E-state index in [9.17, 15) is 5.11 Å². The van der Waals surface area contributed by atoms with Crippen LogP contribution < -0.4 is 5.59 Å². The Morgan fingerprint density at radius 3 is 2.96 bits per heavy atom. The molecule has 9 nitrogen and oxygen atoms in total. The van der Waals surface area contributed by atoms with Crippen LogP contribution in [0, 0.1) is 11.3 Å². The molecular formula is C18H16N6O3S. The molecule has 4 rings (SSSR count). The number of furan rings is 1. The highest BCUT2D eigenvalue weighted by Crippen LogP contribution is 2.30. The summed E-state index contributed by atoms with van der Waals surface area (Å²) in [6, 6.07) is 10.3. The highest BCUT2D eigenvalue weighted by Gasteiger charge is 2.21. The largest absolute Gasteiger partial charge is 0.507 e. The summed E-state index contributed by atoms with van der Waals surface area (Å²) in [5.41, 5.74) is 3.64. The number of nitriles is 1. The summed E-state index contributed by atoms with van der Waals surface area (Å²) in [7, 11) is 0. The zero-order chi connectivity index (χ0) is 19.5. The molecule has 0 fully saturated rings. The smallest absolute Gasteiger partial charge is 0.200 e. The number of nitrogens with one attached hydrogen (secondary N) is 1. The van der Waals surface area contributed by atoms with Crippen LogP contribution in [-0.2, 0) is 11.4 Å². The summed E-state index contributed by atoms with van der Waals surface area (Å²) in [5.74, 6) is 2.28. The summed E-state index contributed by atoms with van der Waals surface area (Å²) < 4.78 is 7.38. The fraction of sp³-hybridized carbons (Fsp3) is 0.167. The number of thioether (sulfide) groups is 1. The van der Waals surface area contributed by atoms with Crippen LogP contribution in [0.3, 0.4) is 0 Å². The topological polar surface area (TPSA) is 112 Å². The lowest BCUT2D eigenvalue weighted by Gasteiger charge is -2.13. The van der Waals surface area contributed by atoms with Gasteiger partial charge in [0.15, 0.2) is 22.5 Å². The quantitative estimate of drug-likeness (QED) is 0.607. The average molecular weight is 396 g/mol. The monoisotopic (exact) mass is 396 g/mol. The molecule has 0 atom stereocenters. The summed E-state index contributed by atoms with van der Waals surface area (Å²) in [6.07, 6.45) is 3.31. The highest BCUT2D eigenvalue weighted by atomic mass is 32.2. The van der Waals surface area contributed by atoms with Crippen LogP contribution in [0.5, 0.6) is 5.75 Å². The molecule has 0 bridgehead atoms. The first-order valence-corrected chi connectivity index (χ1v) is 9.42. The van der Waals surface area contributed by atoms with Crippen LogP contribution in [0.4, 0.5) is 0 Å². The maximum Gasteiger partial charge on any atom is 0.200 e. The minimum atomic E-state index is 0.0374. The molecule has 0 amide bonds. The molecule has 1 aliphatic heterocycles. The second-order valence-electron chi connectivity index (χ2n) is 5.80. The Bertz CT molecular complexity index is 1050. The molecule has 0 aliphatic carbocycles. The summed E-state index contributed by atoms with van der Waals surface area (Å²) in [6.45, 7) is 2.71. The van der Waals surface area contributed by atoms with Gasteiger partial charge >= 0.3 is 0 Å². The van der Waals surface area contributed by atoms with Crippen LogP contribution in [-0.4, -0.2) is 30.8 Å². The number of phenolic OH excluding ortho intramolecular Hbond substituents is 1. The normalized spacial score (nSPS) is 13.3. The van der Waals surface area contributed by atoms with Gasteiger partial charge in [-0.25, -0.2) is 0 Å². The highest BCUT2D eigenvalue weighted by molar-refractivity contribution is 7.99. The van der Waals surface area contributed by atoms with Gasteiger partial charge in [0.25, 0.3) is 0 Å². The number of hydrazine groups is 1. The maximum absolute atomic E-state index is 10.0. The van der Waals surface area contributed by atoms with Crippen molar-refractivity contribution in [3.05, 3.63) is 53.9 Å². The van der Waals surface area contributed by atoms with Crippen molar-refractivity contribution in [2.75, 3.05) is 5.88 Å². The Labute approximate surface area is 164 Å². The van der Waals surface area contributed by atoms with Crippen molar-refractivity contribution in [3.8, 4) is 23.4 Å². The fourth-order valence-corrected chi connectivity index (χ4v) is 3.54. The number of rotatable bonds is 6. The maximum atomic E-state index is 10.0. The van der Waals surface area contributed by atoms with E-state index in [2.05, 4.69) is 15.8 Å². The molecule has 2 N–H and O–H groups in total. The van der Waals surface area contributed by atoms with Gasteiger partial charge in [0, 0.05) is 6.54 Å². The van der Waals surface area contributed by atoms with Crippen LogP contribution in [0.15, 0.2) is 52.4 Å². The summed E-state index contributed by atoms with van der Waals surface area (Å²) in [4.78, 5) is 5.44. The number of hydrogen-bond donors (Lipinski definition) is 2. The Morgan fingerprint density at radius 1 is 1.32 bits per heavy atom. The van der Waals surface area contributed by atoms with E-state index in [0.29, 0.717) is 40.9 Å². The van der Waals surface area contributed by atoms with Crippen molar-refractivity contribution in [3.63, 3.8) is 0 Å². The van der Waals surface area contributed by atoms with Crippen molar-refractivity contribution < 1.29 is 14.4 Å². The Hall–Kier alpha value is -3.42. The number of aromatic hydroxyl groups is 1. The van der Waals surface area contributed by atoms with E-state index in [1.165, 1.54) is 17.8 Å². The predicted octanol–water partition coefficient (Wildman–Crippen LogP) is 2.94. The van der Waals surface area contributed by atoms with Gasteiger partial charge in [-0.3, -0.25) is 9.58 Å². The molecule has 142 valence electrons. The molecule has 0 saturated heterocycles. The molecule has 28 heavy (non-hydrogen) atoms. The first-order valence-electron chi connectivity index (χ1n) is 8.44. The SMILES string of the molecule is CCn1c(SCN2C=C(c3cc(C#N)ccc3O)ON2)nnc1-c1ccco1. The van der Waals surface area contributed by atoms with Crippen molar-refractivity contribution >= 4 is 17.5 Å². The number of nitrogens with zero attached hydrogens (tertiary/aromatic N) is 5. The van der Waals surface area contributed by atoms with Gasteiger partial charge in [0.05, 0.1) is 35.5 Å². The number of hydrogen-bond acceptors (Lipinski definition) is 9. The third kappa shape index (κ3) is 3.40. The Morgan fingerprint density at radius 2 is 2.21 bits per heavy atom. The van der Waals surface area contributed by atoms with Crippen molar-refractivity contribution in [1.29, 1.82) is 5.26 Å². The van der Waals surface area contributed by atoms with Crippen molar-refractivity contribution in [1.82, 2.24) is 25.4 Å². The van der Waals surface area contributed by atoms with Crippen LogP contribution >= 0.6 is 11.8 Å². The summed E-state index contributed by atoms with van der Waals surface area (Å²) in [5, 5.41) is 30.0. The molecule has 3 aromatic rings. The third-order valence-corrected chi connectivity index (χ3v) is 5.01. The van der Waals surface area contributed by atoms with Gasteiger partial charge in [-0.1, -0.05) is 17.4 Å². The predicted molar refractivity (Wildman–Crippen MR) is 101 cm³/mol. The van der Waals surface area contributed by atoms with Gasteiger partial charge in [-0.2, -0.15) is 5.26 Å².